The zero-order chi connectivity index (χ0) is 31.0. The van der Waals surface area contributed by atoms with Crippen LogP contribution in [0.25, 0.3) is 10.9 Å². The van der Waals surface area contributed by atoms with Crippen LogP contribution in [0.15, 0.2) is 24.3 Å². The van der Waals surface area contributed by atoms with Gasteiger partial charge in [0, 0.05) is 23.1 Å². The van der Waals surface area contributed by atoms with Crippen molar-refractivity contribution < 1.29 is 29.1 Å². The molecule has 1 aliphatic rings. The highest BCUT2D eigenvalue weighted by Gasteiger charge is 2.35. The molecule has 3 rings (SSSR count). The monoisotopic (exact) mass is 586 g/mol. The van der Waals surface area contributed by atoms with Crippen molar-refractivity contribution in [2.45, 2.75) is 82.7 Å². The maximum Gasteiger partial charge on any atom is 0.325 e. The summed E-state index contributed by atoms with van der Waals surface area (Å²) in [6, 6.07) is 2.75. The first kappa shape index (κ1) is 32.5. The van der Waals surface area contributed by atoms with Gasteiger partial charge in [0.05, 0.1) is 18.1 Å². The Bertz CT molecular complexity index is 1290. The van der Waals surface area contributed by atoms with E-state index in [1.807, 2.05) is 24.3 Å². The number of carbonyl (C=O) groups is 5. The quantitative estimate of drug-likeness (QED) is 0.122. The van der Waals surface area contributed by atoms with Crippen molar-refractivity contribution in [2.75, 3.05) is 13.1 Å². The first-order chi connectivity index (χ1) is 19.9. The molecule has 2 unspecified atom stereocenters. The molecule has 2 heterocycles. The first-order valence-electron chi connectivity index (χ1n) is 14.2. The standard InChI is InChI=1S/C28H42N8O6/c1-14(30)24(37)36-20(10-6-7-11-29)26(39)31-13-22-23-18(17-8-4-5-9-19(17)35-23)12-21(34-22)27(40)32-15(2)25(38)33-16(3)28(41)42/h4-5,8-9,14-16,20-22,34-35H,6-7,10-13,29-30H2,1-3H3,(H,31,39)(H,32,40)(H,33,38)(H,36,37)(H,41,42)/t14-,15-,16-,20-,21?,22?/m0/s1. The van der Waals surface area contributed by atoms with E-state index in [1.54, 1.807) is 0 Å². The van der Waals surface area contributed by atoms with E-state index < -0.39 is 59.9 Å². The molecule has 0 aliphatic carbocycles. The molecule has 14 nitrogen and oxygen atoms in total. The summed E-state index contributed by atoms with van der Waals surface area (Å²) in [4.78, 5) is 65.6. The third-order valence-corrected chi connectivity index (χ3v) is 7.28. The van der Waals surface area contributed by atoms with E-state index in [1.165, 1.54) is 20.8 Å². The number of rotatable bonds is 14. The average Bonchev–Trinajstić information content (AvgIpc) is 3.33. The van der Waals surface area contributed by atoms with Crippen LogP contribution >= 0.6 is 0 Å². The average molecular weight is 587 g/mol. The van der Waals surface area contributed by atoms with Crippen LogP contribution in [-0.4, -0.2) is 83.0 Å². The molecule has 1 aromatic carbocycles. The smallest absolute Gasteiger partial charge is 0.325 e. The molecule has 0 spiro atoms. The van der Waals surface area contributed by atoms with Crippen molar-refractivity contribution in [1.82, 2.24) is 31.6 Å². The Kier molecular flexibility index (Phi) is 11.4. The highest BCUT2D eigenvalue weighted by atomic mass is 16.4. The van der Waals surface area contributed by atoms with Crippen molar-refractivity contribution in [3.63, 3.8) is 0 Å². The fourth-order valence-corrected chi connectivity index (χ4v) is 4.83. The first-order valence-corrected chi connectivity index (χ1v) is 14.2. The maximum absolute atomic E-state index is 13.3. The van der Waals surface area contributed by atoms with Crippen LogP contribution in [-0.2, 0) is 30.4 Å². The van der Waals surface area contributed by atoms with Crippen LogP contribution in [0.1, 0.15) is 57.3 Å². The Morgan fingerprint density at radius 2 is 1.69 bits per heavy atom. The minimum Gasteiger partial charge on any atom is -0.480 e. The lowest BCUT2D eigenvalue weighted by Crippen LogP contribution is -2.57. The van der Waals surface area contributed by atoms with Gasteiger partial charge in [-0.15, -0.1) is 0 Å². The Hall–Kier alpha value is -4.01. The Balaban J connectivity index is 1.77. The number of aromatic nitrogens is 1. The number of aliphatic carboxylic acids is 1. The minimum atomic E-state index is -1.19. The maximum atomic E-state index is 13.3. The molecule has 1 aromatic heterocycles. The fourth-order valence-electron chi connectivity index (χ4n) is 4.83. The van der Waals surface area contributed by atoms with E-state index in [4.69, 9.17) is 16.6 Å². The molecule has 0 fully saturated rings. The molecule has 0 bridgehead atoms. The van der Waals surface area contributed by atoms with Crippen LogP contribution in [0.4, 0.5) is 0 Å². The number of para-hydroxylation sites is 1. The molecule has 4 amide bonds. The number of unbranched alkanes of at least 4 members (excludes halogenated alkanes) is 1. The lowest BCUT2D eigenvalue weighted by Gasteiger charge is -2.32. The SMILES string of the molecule is C[C@H](N)C(=O)N[C@@H](CCCCN)C(=O)NCC1NC(C(=O)N[C@@H](C)C(=O)N[C@@H](C)C(=O)O)Cc2c1[nH]c1ccccc21. The predicted octanol–water partition coefficient (Wildman–Crippen LogP) is -1.11. The molecule has 1 aliphatic heterocycles. The van der Waals surface area contributed by atoms with E-state index >= 15 is 0 Å². The van der Waals surface area contributed by atoms with Gasteiger partial charge in [0.1, 0.15) is 18.1 Å². The minimum absolute atomic E-state index is 0.107. The number of carboxylic acids is 1. The number of carbonyl (C=O) groups excluding carboxylic acids is 4. The zero-order valence-corrected chi connectivity index (χ0v) is 24.2. The van der Waals surface area contributed by atoms with Crippen LogP contribution in [0.3, 0.4) is 0 Å². The normalized spacial score (nSPS) is 19.1. The molecular formula is C28H42N8O6. The summed E-state index contributed by atoms with van der Waals surface area (Å²) in [5, 5.41) is 23.9. The number of nitrogens with two attached hydrogens (primary N) is 2. The van der Waals surface area contributed by atoms with Gasteiger partial charge in [-0.2, -0.15) is 0 Å². The Labute approximate surface area is 244 Å². The van der Waals surface area contributed by atoms with Crippen LogP contribution < -0.4 is 38.1 Å². The number of amides is 4. The summed E-state index contributed by atoms with van der Waals surface area (Å²) >= 11 is 0. The van der Waals surface area contributed by atoms with Gasteiger partial charge in [-0.1, -0.05) is 18.2 Å². The number of hydrogen-bond acceptors (Lipinski definition) is 8. The van der Waals surface area contributed by atoms with E-state index in [9.17, 15) is 24.0 Å². The summed E-state index contributed by atoms with van der Waals surface area (Å²) in [7, 11) is 0. The molecule has 11 N–H and O–H groups in total. The second-order valence-corrected chi connectivity index (χ2v) is 10.7. The van der Waals surface area contributed by atoms with Gasteiger partial charge in [0.15, 0.2) is 0 Å². The largest absolute Gasteiger partial charge is 0.480 e. The van der Waals surface area contributed by atoms with Crippen LogP contribution in [0.2, 0.25) is 0 Å². The van der Waals surface area contributed by atoms with Crippen molar-refractivity contribution in [1.29, 1.82) is 0 Å². The van der Waals surface area contributed by atoms with Gasteiger partial charge in [-0.25, -0.2) is 0 Å². The summed E-state index contributed by atoms with van der Waals surface area (Å²) in [5.74, 6) is -3.09. The molecule has 6 atom stereocenters. The third kappa shape index (κ3) is 8.27. The van der Waals surface area contributed by atoms with E-state index in [2.05, 4.69) is 31.6 Å². The van der Waals surface area contributed by atoms with Gasteiger partial charge in [0.25, 0.3) is 0 Å². The van der Waals surface area contributed by atoms with Gasteiger partial charge in [0.2, 0.25) is 23.6 Å². The number of nitrogens with one attached hydrogen (secondary N) is 6. The number of fused-ring (bicyclic) bond motifs is 3. The summed E-state index contributed by atoms with van der Waals surface area (Å²) in [6.45, 7) is 4.92. The van der Waals surface area contributed by atoms with Crippen molar-refractivity contribution in [2.24, 2.45) is 11.5 Å². The van der Waals surface area contributed by atoms with E-state index in [-0.39, 0.29) is 12.5 Å². The van der Waals surface area contributed by atoms with Crippen molar-refractivity contribution in [3.8, 4) is 0 Å². The number of aromatic amines is 1. The topological polar surface area (TPSA) is 234 Å². The lowest BCUT2D eigenvalue weighted by molar-refractivity contribution is -0.141. The zero-order valence-electron chi connectivity index (χ0n) is 24.2. The fraction of sp³-hybridized carbons (Fsp3) is 0.536. The molecule has 0 radical (unpaired) electrons. The molecule has 2 aromatic rings. The third-order valence-electron chi connectivity index (χ3n) is 7.28. The van der Waals surface area contributed by atoms with Gasteiger partial charge in [-0.05, 0) is 64.6 Å². The van der Waals surface area contributed by atoms with Gasteiger partial charge < -0.3 is 42.8 Å². The summed E-state index contributed by atoms with van der Waals surface area (Å²) < 4.78 is 0. The van der Waals surface area contributed by atoms with E-state index in [0.717, 1.165) is 22.2 Å². The highest BCUT2D eigenvalue weighted by molar-refractivity contribution is 5.93. The molecule has 0 saturated heterocycles. The van der Waals surface area contributed by atoms with Crippen molar-refractivity contribution in [3.05, 3.63) is 35.5 Å². The number of H-pyrrole nitrogens is 1. The Morgan fingerprint density at radius 1 is 0.976 bits per heavy atom. The van der Waals surface area contributed by atoms with Gasteiger partial charge >= 0.3 is 5.97 Å². The predicted molar refractivity (Wildman–Crippen MR) is 156 cm³/mol. The van der Waals surface area contributed by atoms with E-state index in [0.29, 0.717) is 32.2 Å². The lowest BCUT2D eigenvalue weighted by atomic mass is 9.93. The Morgan fingerprint density at radius 3 is 2.36 bits per heavy atom. The molecule has 42 heavy (non-hydrogen) atoms. The number of hydrogen-bond donors (Lipinski definition) is 9. The number of carboxylic acid groups (broad SMARTS) is 1. The molecular weight excluding hydrogens is 544 g/mol. The highest BCUT2D eigenvalue weighted by Crippen LogP contribution is 2.31. The number of benzene rings is 1. The molecule has 230 valence electrons. The molecule has 14 heteroatoms. The summed E-state index contributed by atoms with van der Waals surface area (Å²) in [5.41, 5.74) is 13.9. The second kappa shape index (κ2) is 14.8. The summed E-state index contributed by atoms with van der Waals surface area (Å²) in [6.07, 6.45) is 2.05. The van der Waals surface area contributed by atoms with Gasteiger partial charge in [-0.3, -0.25) is 29.3 Å². The second-order valence-electron chi connectivity index (χ2n) is 10.7. The van der Waals surface area contributed by atoms with Crippen LogP contribution in [0.5, 0.6) is 0 Å². The van der Waals surface area contributed by atoms with Crippen LogP contribution in [0, 0.1) is 0 Å². The molecule has 0 saturated carbocycles. The van der Waals surface area contributed by atoms with Crippen molar-refractivity contribution >= 4 is 40.5 Å².